The minimum Gasteiger partial charge on any atom is -0.491 e. The van der Waals surface area contributed by atoms with Gasteiger partial charge >= 0.3 is 0 Å². The van der Waals surface area contributed by atoms with E-state index in [4.69, 9.17) is 9.47 Å². The lowest BCUT2D eigenvalue weighted by molar-refractivity contribution is -0.145. The molecule has 0 saturated carbocycles. The fourth-order valence-electron chi connectivity index (χ4n) is 3.81. The van der Waals surface area contributed by atoms with Crippen molar-refractivity contribution in [3.05, 3.63) is 52.0 Å². The predicted octanol–water partition coefficient (Wildman–Crippen LogP) is 3.91. The number of nitrogens with zero attached hydrogens (tertiary/aromatic N) is 2. The lowest BCUT2D eigenvalue weighted by atomic mass is 10.00. The van der Waals surface area contributed by atoms with Crippen molar-refractivity contribution >= 4 is 23.2 Å². The molecule has 3 rings (SSSR count). The molecule has 1 aromatic heterocycles. The molecule has 0 bridgehead atoms. The van der Waals surface area contributed by atoms with E-state index in [1.165, 1.54) is 24.1 Å². The molecule has 0 radical (unpaired) electrons. The Morgan fingerprint density at radius 1 is 1.28 bits per heavy atom. The molecule has 0 unspecified atom stereocenters. The van der Waals surface area contributed by atoms with Crippen molar-refractivity contribution in [1.82, 2.24) is 9.80 Å². The second kappa shape index (κ2) is 11.4. The third-order valence-corrected chi connectivity index (χ3v) is 6.81. The molecule has 0 N–H and O–H groups in total. The molecule has 0 saturated heterocycles. The number of carbonyl (C=O) groups is 2. The SMILES string of the molecule is CC[C@H](C)CN(CC(=O)N1CCc2sccc2[C@H]1COc1ccc(F)cc1)C(=O)COC. The van der Waals surface area contributed by atoms with E-state index in [9.17, 15) is 14.0 Å². The van der Waals surface area contributed by atoms with Crippen LogP contribution in [0, 0.1) is 11.7 Å². The standard InChI is InChI=1S/C24H31FN2O4S/c1-4-17(2)13-26(24(29)16-30-3)14-23(28)27-11-9-22-20(10-12-32-22)21(27)15-31-19-7-5-18(25)6-8-19/h5-8,10,12,17,21H,4,9,11,13-16H2,1-3H3/t17-,21+/m0/s1. The van der Waals surface area contributed by atoms with Gasteiger partial charge in [-0.2, -0.15) is 0 Å². The van der Waals surface area contributed by atoms with Gasteiger partial charge in [0.05, 0.1) is 12.6 Å². The average Bonchev–Trinajstić information content (AvgIpc) is 3.27. The average molecular weight is 463 g/mol. The van der Waals surface area contributed by atoms with Crippen molar-refractivity contribution in [2.45, 2.75) is 32.7 Å². The van der Waals surface area contributed by atoms with Crippen molar-refractivity contribution in [2.24, 2.45) is 5.92 Å². The number of methoxy groups -OCH3 is 1. The molecule has 6 nitrogen and oxygen atoms in total. The molecule has 2 amide bonds. The van der Waals surface area contributed by atoms with Gasteiger partial charge < -0.3 is 19.3 Å². The molecular formula is C24H31FN2O4S. The number of ether oxygens (including phenoxy) is 2. The van der Waals surface area contributed by atoms with Crippen LogP contribution >= 0.6 is 11.3 Å². The summed E-state index contributed by atoms with van der Waals surface area (Å²) >= 11 is 1.68. The predicted molar refractivity (Wildman–Crippen MR) is 122 cm³/mol. The zero-order valence-corrected chi connectivity index (χ0v) is 19.7. The van der Waals surface area contributed by atoms with E-state index < -0.39 is 0 Å². The van der Waals surface area contributed by atoms with Crippen molar-refractivity contribution in [2.75, 3.05) is 40.0 Å². The molecule has 2 aromatic rings. The van der Waals surface area contributed by atoms with Gasteiger partial charge in [0.1, 0.15) is 24.8 Å². The highest BCUT2D eigenvalue weighted by atomic mass is 32.1. The lowest BCUT2D eigenvalue weighted by Crippen LogP contribution is -2.49. The fraction of sp³-hybridized carbons (Fsp3) is 0.500. The maximum Gasteiger partial charge on any atom is 0.249 e. The van der Waals surface area contributed by atoms with Gasteiger partial charge in [0.25, 0.3) is 0 Å². The number of benzene rings is 1. The summed E-state index contributed by atoms with van der Waals surface area (Å²) < 4.78 is 24.2. The molecule has 0 aliphatic carbocycles. The summed E-state index contributed by atoms with van der Waals surface area (Å²) in [5.41, 5.74) is 1.08. The van der Waals surface area contributed by atoms with E-state index >= 15 is 0 Å². The van der Waals surface area contributed by atoms with Crippen LogP contribution in [0.4, 0.5) is 4.39 Å². The normalized spacial score (nSPS) is 16.4. The zero-order valence-electron chi connectivity index (χ0n) is 18.9. The Labute approximate surface area is 192 Å². The van der Waals surface area contributed by atoms with Crippen molar-refractivity contribution in [3.63, 3.8) is 0 Å². The van der Waals surface area contributed by atoms with Gasteiger partial charge in [-0.1, -0.05) is 20.3 Å². The van der Waals surface area contributed by atoms with Crippen LogP contribution in [-0.4, -0.2) is 61.6 Å². The van der Waals surface area contributed by atoms with E-state index in [0.717, 1.165) is 18.4 Å². The Morgan fingerprint density at radius 2 is 2.03 bits per heavy atom. The topological polar surface area (TPSA) is 59.1 Å². The van der Waals surface area contributed by atoms with Crippen molar-refractivity contribution in [3.8, 4) is 5.75 Å². The third kappa shape index (κ3) is 6.07. The van der Waals surface area contributed by atoms with Gasteiger partial charge in [-0.3, -0.25) is 9.59 Å². The van der Waals surface area contributed by atoms with E-state index in [-0.39, 0.29) is 49.3 Å². The molecular weight excluding hydrogens is 431 g/mol. The Balaban J connectivity index is 1.75. The highest BCUT2D eigenvalue weighted by molar-refractivity contribution is 7.10. The van der Waals surface area contributed by atoms with Crippen LogP contribution in [-0.2, 0) is 20.7 Å². The number of fused-ring (bicyclic) bond motifs is 1. The number of carbonyl (C=O) groups excluding carboxylic acids is 2. The maximum absolute atomic E-state index is 13.4. The summed E-state index contributed by atoms with van der Waals surface area (Å²) in [5, 5.41) is 2.03. The minimum atomic E-state index is -0.325. The molecule has 1 aromatic carbocycles. The summed E-state index contributed by atoms with van der Waals surface area (Å²) in [6, 6.07) is 7.63. The maximum atomic E-state index is 13.4. The van der Waals surface area contributed by atoms with E-state index in [1.54, 1.807) is 28.4 Å². The second-order valence-electron chi connectivity index (χ2n) is 8.14. The summed E-state index contributed by atoms with van der Waals surface area (Å²) in [6.45, 7) is 5.44. The first-order valence-corrected chi connectivity index (χ1v) is 11.8. The van der Waals surface area contributed by atoms with Gasteiger partial charge in [0.15, 0.2) is 0 Å². The van der Waals surface area contributed by atoms with Crippen LogP contribution < -0.4 is 4.74 Å². The molecule has 174 valence electrons. The molecule has 2 heterocycles. The van der Waals surface area contributed by atoms with Gasteiger partial charge in [-0.25, -0.2) is 4.39 Å². The van der Waals surface area contributed by atoms with Gasteiger partial charge in [-0.15, -0.1) is 11.3 Å². The van der Waals surface area contributed by atoms with E-state index in [1.807, 2.05) is 16.3 Å². The highest BCUT2D eigenvalue weighted by Crippen LogP contribution is 2.34. The van der Waals surface area contributed by atoms with Gasteiger partial charge in [0, 0.05) is 25.1 Å². The van der Waals surface area contributed by atoms with E-state index in [0.29, 0.717) is 18.8 Å². The first-order valence-electron chi connectivity index (χ1n) is 10.9. The number of halogens is 1. The van der Waals surface area contributed by atoms with Crippen LogP contribution in [0.3, 0.4) is 0 Å². The Kier molecular flexibility index (Phi) is 8.64. The quantitative estimate of drug-likeness (QED) is 0.537. The Hall–Kier alpha value is -2.45. The molecule has 1 aliphatic rings. The van der Waals surface area contributed by atoms with Crippen LogP contribution in [0.2, 0.25) is 0 Å². The lowest BCUT2D eigenvalue weighted by Gasteiger charge is -2.37. The zero-order chi connectivity index (χ0) is 23.1. The van der Waals surface area contributed by atoms with Crippen LogP contribution in [0.5, 0.6) is 5.75 Å². The smallest absolute Gasteiger partial charge is 0.249 e. The number of hydrogen-bond donors (Lipinski definition) is 0. The van der Waals surface area contributed by atoms with Crippen LogP contribution in [0.25, 0.3) is 0 Å². The van der Waals surface area contributed by atoms with E-state index in [2.05, 4.69) is 13.8 Å². The Morgan fingerprint density at radius 3 is 2.72 bits per heavy atom. The number of amides is 2. The van der Waals surface area contributed by atoms with Crippen LogP contribution in [0.1, 0.15) is 36.8 Å². The summed E-state index contributed by atoms with van der Waals surface area (Å²) in [7, 11) is 1.48. The molecule has 1 aliphatic heterocycles. The first kappa shape index (κ1) is 24.2. The van der Waals surface area contributed by atoms with Gasteiger partial charge in [0.2, 0.25) is 11.8 Å². The van der Waals surface area contributed by atoms with Crippen LogP contribution in [0.15, 0.2) is 35.7 Å². The third-order valence-electron chi connectivity index (χ3n) is 5.81. The monoisotopic (exact) mass is 462 g/mol. The summed E-state index contributed by atoms with van der Waals surface area (Å²) in [5.74, 6) is 0.214. The number of thiophene rings is 1. The van der Waals surface area contributed by atoms with Gasteiger partial charge in [-0.05, 0) is 53.6 Å². The molecule has 0 fully saturated rings. The number of hydrogen-bond acceptors (Lipinski definition) is 5. The molecule has 8 heteroatoms. The second-order valence-corrected chi connectivity index (χ2v) is 9.14. The fourth-order valence-corrected chi connectivity index (χ4v) is 4.74. The summed E-state index contributed by atoms with van der Waals surface area (Å²) in [4.78, 5) is 30.6. The van der Waals surface area contributed by atoms with Crippen molar-refractivity contribution < 1.29 is 23.5 Å². The molecule has 32 heavy (non-hydrogen) atoms. The highest BCUT2D eigenvalue weighted by Gasteiger charge is 2.33. The largest absolute Gasteiger partial charge is 0.491 e. The minimum absolute atomic E-state index is 0.0129. The summed E-state index contributed by atoms with van der Waals surface area (Å²) in [6.07, 6.45) is 1.70. The first-order chi connectivity index (χ1) is 15.4. The Bertz CT molecular complexity index is 902. The number of rotatable bonds is 10. The molecule has 2 atom stereocenters. The molecule has 0 spiro atoms. The van der Waals surface area contributed by atoms with Crippen molar-refractivity contribution in [1.29, 1.82) is 0 Å².